The molecule has 0 aliphatic carbocycles. The van der Waals surface area contributed by atoms with Gasteiger partial charge in [-0.25, -0.2) is 0 Å². The zero-order chi connectivity index (χ0) is 12.1. The molecule has 0 amide bonds. The molecule has 1 aliphatic rings. The first-order valence-electron chi connectivity index (χ1n) is 5.98. The van der Waals surface area contributed by atoms with Crippen LogP contribution in [0, 0.1) is 11.3 Å². The van der Waals surface area contributed by atoms with Crippen LogP contribution in [-0.4, -0.2) is 47.5 Å². The van der Waals surface area contributed by atoms with Crippen LogP contribution in [-0.2, 0) is 6.54 Å². The first kappa shape index (κ1) is 12.0. The molecule has 2 rings (SSSR count). The number of hydrogen-bond acceptors (Lipinski definition) is 4. The molecule has 4 heteroatoms. The Morgan fingerprint density at radius 1 is 1.53 bits per heavy atom. The van der Waals surface area contributed by atoms with Crippen LogP contribution in [0.3, 0.4) is 0 Å². The Hall–Kier alpha value is -1.44. The topological polar surface area (TPSA) is 43.2 Å². The van der Waals surface area contributed by atoms with E-state index in [9.17, 15) is 0 Å². The monoisotopic (exact) mass is 230 g/mol. The highest BCUT2D eigenvalue weighted by Crippen LogP contribution is 2.16. The Labute approximate surface area is 102 Å². The largest absolute Gasteiger partial charge is 0.297 e. The highest BCUT2D eigenvalue weighted by Gasteiger charge is 2.25. The predicted octanol–water partition coefficient (Wildman–Crippen LogP) is 1.11. The molecule has 2 heterocycles. The first-order valence-corrected chi connectivity index (χ1v) is 5.98. The second-order valence-electron chi connectivity index (χ2n) is 4.61. The molecular weight excluding hydrogens is 212 g/mol. The summed E-state index contributed by atoms with van der Waals surface area (Å²) in [5.74, 6) is 0. The summed E-state index contributed by atoms with van der Waals surface area (Å²) in [4.78, 5) is 8.61. The van der Waals surface area contributed by atoms with Gasteiger partial charge in [0.1, 0.15) is 0 Å². The van der Waals surface area contributed by atoms with Gasteiger partial charge in [0.05, 0.1) is 12.6 Å². The van der Waals surface area contributed by atoms with Crippen LogP contribution in [0.15, 0.2) is 24.5 Å². The van der Waals surface area contributed by atoms with Crippen molar-refractivity contribution in [2.75, 3.05) is 26.7 Å². The SMILES string of the molecule is CN(CC#N)C1CCN(Cc2ccncc2)C1. The number of likely N-dealkylation sites (N-methyl/N-ethyl adjacent to an activating group) is 1. The van der Waals surface area contributed by atoms with Gasteiger partial charge in [0.2, 0.25) is 0 Å². The van der Waals surface area contributed by atoms with Crippen LogP contribution in [0.5, 0.6) is 0 Å². The van der Waals surface area contributed by atoms with Crippen molar-refractivity contribution in [3.63, 3.8) is 0 Å². The summed E-state index contributed by atoms with van der Waals surface area (Å²) in [6.07, 6.45) is 4.83. The van der Waals surface area contributed by atoms with Gasteiger partial charge in [0.15, 0.2) is 0 Å². The van der Waals surface area contributed by atoms with Gasteiger partial charge in [-0.05, 0) is 31.2 Å². The van der Waals surface area contributed by atoms with Gasteiger partial charge >= 0.3 is 0 Å². The molecule has 1 unspecified atom stereocenters. The lowest BCUT2D eigenvalue weighted by Crippen LogP contribution is -2.34. The lowest BCUT2D eigenvalue weighted by Gasteiger charge is -2.22. The summed E-state index contributed by atoms with van der Waals surface area (Å²) in [6, 6.07) is 6.86. The van der Waals surface area contributed by atoms with Crippen LogP contribution in [0.25, 0.3) is 0 Å². The van der Waals surface area contributed by atoms with Crippen LogP contribution in [0.4, 0.5) is 0 Å². The minimum Gasteiger partial charge on any atom is -0.297 e. The molecule has 90 valence electrons. The van der Waals surface area contributed by atoms with Crippen molar-refractivity contribution in [2.24, 2.45) is 0 Å². The van der Waals surface area contributed by atoms with Gasteiger partial charge in [0, 0.05) is 38.1 Å². The molecule has 1 saturated heterocycles. The molecule has 1 fully saturated rings. The highest BCUT2D eigenvalue weighted by molar-refractivity contribution is 5.09. The number of aromatic nitrogens is 1. The number of likely N-dealkylation sites (tertiary alicyclic amines) is 1. The third kappa shape index (κ3) is 3.26. The summed E-state index contributed by atoms with van der Waals surface area (Å²) in [7, 11) is 2.03. The zero-order valence-electron chi connectivity index (χ0n) is 10.2. The van der Waals surface area contributed by atoms with Gasteiger partial charge in [-0.2, -0.15) is 5.26 Å². The summed E-state index contributed by atoms with van der Waals surface area (Å²) in [5, 5.41) is 8.69. The van der Waals surface area contributed by atoms with E-state index in [1.807, 2.05) is 19.4 Å². The number of hydrogen-bond donors (Lipinski definition) is 0. The van der Waals surface area contributed by atoms with Crippen molar-refractivity contribution in [2.45, 2.75) is 19.0 Å². The highest BCUT2D eigenvalue weighted by atomic mass is 15.2. The minimum absolute atomic E-state index is 0.522. The fourth-order valence-corrected chi connectivity index (χ4v) is 2.30. The molecule has 4 nitrogen and oxygen atoms in total. The van der Waals surface area contributed by atoms with Gasteiger partial charge < -0.3 is 0 Å². The summed E-state index contributed by atoms with van der Waals surface area (Å²) < 4.78 is 0. The van der Waals surface area contributed by atoms with E-state index in [0.29, 0.717) is 12.6 Å². The second-order valence-corrected chi connectivity index (χ2v) is 4.61. The van der Waals surface area contributed by atoms with E-state index in [1.165, 1.54) is 5.56 Å². The quantitative estimate of drug-likeness (QED) is 0.727. The summed E-state index contributed by atoms with van der Waals surface area (Å²) in [5.41, 5.74) is 1.31. The fraction of sp³-hybridized carbons (Fsp3) is 0.538. The van der Waals surface area contributed by atoms with E-state index in [0.717, 1.165) is 26.1 Å². The van der Waals surface area contributed by atoms with Crippen molar-refractivity contribution < 1.29 is 0 Å². The first-order chi connectivity index (χ1) is 8.29. The van der Waals surface area contributed by atoms with Crippen molar-refractivity contribution in [3.05, 3.63) is 30.1 Å². The Kier molecular flexibility index (Phi) is 4.08. The zero-order valence-corrected chi connectivity index (χ0v) is 10.2. The van der Waals surface area contributed by atoms with Gasteiger partial charge in [-0.15, -0.1) is 0 Å². The normalized spacial score (nSPS) is 20.6. The van der Waals surface area contributed by atoms with E-state index >= 15 is 0 Å². The smallest absolute Gasteiger partial charge is 0.0866 e. The fourth-order valence-electron chi connectivity index (χ4n) is 2.30. The molecule has 0 spiro atoms. The molecule has 0 bridgehead atoms. The number of rotatable bonds is 4. The van der Waals surface area contributed by atoms with E-state index < -0.39 is 0 Å². The van der Waals surface area contributed by atoms with E-state index in [-0.39, 0.29) is 0 Å². The molecule has 0 aromatic carbocycles. The molecule has 1 atom stereocenters. The number of nitrogens with zero attached hydrogens (tertiary/aromatic N) is 4. The summed E-state index contributed by atoms with van der Waals surface area (Å²) >= 11 is 0. The van der Waals surface area contributed by atoms with Gasteiger partial charge in [-0.3, -0.25) is 14.8 Å². The lowest BCUT2D eigenvalue weighted by molar-refractivity contribution is 0.249. The van der Waals surface area contributed by atoms with Crippen molar-refractivity contribution in [3.8, 4) is 6.07 Å². The Balaban J connectivity index is 1.84. The average Bonchev–Trinajstić information content (AvgIpc) is 2.79. The molecule has 17 heavy (non-hydrogen) atoms. The number of nitriles is 1. The Morgan fingerprint density at radius 2 is 2.29 bits per heavy atom. The maximum atomic E-state index is 8.69. The average molecular weight is 230 g/mol. The van der Waals surface area contributed by atoms with Gasteiger partial charge in [-0.1, -0.05) is 0 Å². The standard InChI is InChI=1S/C13H18N4/c1-16(9-5-14)13-4-8-17(11-13)10-12-2-6-15-7-3-12/h2-3,6-7,13H,4,8-11H2,1H3. The molecule has 1 aromatic rings. The second kappa shape index (κ2) is 5.76. The Morgan fingerprint density at radius 3 is 3.00 bits per heavy atom. The molecular formula is C13H18N4. The maximum Gasteiger partial charge on any atom is 0.0866 e. The van der Waals surface area contributed by atoms with Crippen molar-refractivity contribution in [1.29, 1.82) is 5.26 Å². The Bertz CT molecular complexity index is 384. The van der Waals surface area contributed by atoms with Crippen LogP contribution in [0.2, 0.25) is 0 Å². The van der Waals surface area contributed by atoms with Crippen molar-refractivity contribution in [1.82, 2.24) is 14.8 Å². The molecule has 0 N–H and O–H groups in total. The molecule has 1 aliphatic heterocycles. The van der Waals surface area contributed by atoms with Crippen LogP contribution in [0.1, 0.15) is 12.0 Å². The lowest BCUT2D eigenvalue weighted by atomic mass is 10.2. The van der Waals surface area contributed by atoms with E-state index in [1.54, 1.807) is 0 Å². The summed E-state index contributed by atoms with van der Waals surface area (Å²) in [6.45, 7) is 3.68. The number of pyridine rings is 1. The minimum atomic E-state index is 0.522. The molecule has 1 aromatic heterocycles. The van der Waals surface area contributed by atoms with Crippen LogP contribution >= 0.6 is 0 Å². The van der Waals surface area contributed by atoms with Crippen molar-refractivity contribution >= 4 is 0 Å². The van der Waals surface area contributed by atoms with E-state index in [4.69, 9.17) is 5.26 Å². The third-order valence-corrected chi connectivity index (χ3v) is 3.35. The van der Waals surface area contributed by atoms with Crippen LogP contribution < -0.4 is 0 Å². The van der Waals surface area contributed by atoms with E-state index in [2.05, 4.69) is 33.0 Å². The maximum absolute atomic E-state index is 8.69. The molecule has 0 saturated carbocycles. The third-order valence-electron chi connectivity index (χ3n) is 3.35. The molecule has 0 radical (unpaired) electrons. The predicted molar refractivity (Wildman–Crippen MR) is 66.2 cm³/mol. The van der Waals surface area contributed by atoms with Gasteiger partial charge in [0.25, 0.3) is 0 Å².